The SMILES string of the molecule is O=C(CCCOc1ccccc1)OC(=O)CCCOc1ccccc1. The maximum absolute atomic E-state index is 11.6. The summed E-state index contributed by atoms with van der Waals surface area (Å²) >= 11 is 0. The van der Waals surface area contributed by atoms with Gasteiger partial charge in [0.25, 0.3) is 0 Å². The second-order valence-corrected chi connectivity index (χ2v) is 5.38. The first-order chi connectivity index (χ1) is 12.2. The molecule has 0 amide bonds. The third-order valence-electron chi connectivity index (χ3n) is 3.30. The first-order valence-corrected chi connectivity index (χ1v) is 8.33. The van der Waals surface area contributed by atoms with Gasteiger partial charge in [0.05, 0.1) is 13.2 Å². The molecule has 0 radical (unpaired) electrons. The Balaban J connectivity index is 1.50. The van der Waals surface area contributed by atoms with Gasteiger partial charge in [-0.25, -0.2) is 0 Å². The quantitative estimate of drug-likeness (QED) is 0.374. The Bertz CT molecular complexity index is 582. The topological polar surface area (TPSA) is 61.8 Å². The summed E-state index contributed by atoms with van der Waals surface area (Å²) in [5, 5.41) is 0. The summed E-state index contributed by atoms with van der Waals surface area (Å²) in [5.74, 6) is 0.465. The zero-order valence-electron chi connectivity index (χ0n) is 14.1. The Labute approximate surface area is 147 Å². The van der Waals surface area contributed by atoms with Gasteiger partial charge in [0, 0.05) is 12.8 Å². The van der Waals surface area contributed by atoms with Gasteiger partial charge in [0.1, 0.15) is 11.5 Å². The van der Waals surface area contributed by atoms with Gasteiger partial charge in [0.15, 0.2) is 0 Å². The van der Waals surface area contributed by atoms with E-state index >= 15 is 0 Å². The standard InChI is InChI=1S/C20H22O5/c21-19(13-7-15-23-17-9-3-1-4-10-17)25-20(22)14-8-16-24-18-11-5-2-6-12-18/h1-6,9-12H,7-8,13-16H2. The van der Waals surface area contributed by atoms with Crippen LogP contribution in [0.25, 0.3) is 0 Å². The minimum absolute atomic E-state index is 0.152. The highest BCUT2D eigenvalue weighted by Gasteiger charge is 2.10. The average molecular weight is 342 g/mol. The zero-order chi connectivity index (χ0) is 17.7. The number of para-hydroxylation sites is 2. The zero-order valence-corrected chi connectivity index (χ0v) is 14.1. The number of carbonyl (C=O) groups is 2. The number of carbonyl (C=O) groups excluding carboxylic acids is 2. The normalized spacial score (nSPS) is 10.1. The van der Waals surface area contributed by atoms with Crippen LogP contribution in [-0.2, 0) is 14.3 Å². The molecule has 0 fully saturated rings. The monoisotopic (exact) mass is 342 g/mol. The van der Waals surface area contributed by atoms with Gasteiger partial charge in [-0.05, 0) is 37.1 Å². The lowest BCUT2D eigenvalue weighted by atomic mass is 10.3. The van der Waals surface area contributed by atoms with E-state index in [0.717, 1.165) is 11.5 Å². The Morgan fingerprint density at radius 1 is 0.640 bits per heavy atom. The number of esters is 2. The summed E-state index contributed by atoms with van der Waals surface area (Å²) in [5.41, 5.74) is 0. The van der Waals surface area contributed by atoms with Crippen LogP contribution in [0.1, 0.15) is 25.7 Å². The minimum Gasteiger partial charge on any atom is -0.494 e. The van der Waals surface area contributed by atoms with Crippen molar-refractivity contribution in [2.45, 2.75) is 25.7 Å². The van der Waals surface area contributed by atoms with Gasteiger partial charge in [-0.2, -0.15) is 0 Å². The van der Waals surface area contributed by atoms with E-state index in [4.69, 9.17) is 14.2 Å². The van der Waals surface area contributed by atoms with Gasteiger partial charge in [-0.3, -0.25) is 9.59 Å². The number of hydrogen-bond donors (Lipinski definition) is 0. The van der Waals surface area contributed by atoms with Gasteiger partial charge in [-0.1, -0.05) is 36.4 Å². The number of rotatable bonds is 10. The molecule has 0 unspecified atom stereocenters. The number of ether oxygens (including phenoxy) is 3. The fourth-order valence-electron chi connectivity index (χ4n) is 2.08. The highest BCUT2D eigenvalue weighted by molar-refractivity contribution is 5.85. The van der Waals surface area contributed by atoms with E-state index in [2.05, 4.69) is 0 Å². The lowest BCUT2D eigenvalue weighted by Crippen LogP contribution is -2.14. The summed E-state index contributed by atoms with van der Waals surface area (Å²) < 4.78 is 15.7. The smallest absolute Gasteiger partial charge is 0.313 e. The molecule has 0 saturated carbocycles. The van der Waals surface area contributed by atoms with Crippen LogP contribution in [-0.4, -0.2) is 25.2 Å². The lowest BCUT2D eigenvalue weighted by molar-refractivity contribution is -0.159. The van der Waals surface area contributed by atoms with Crippen LogP contribution < -0.4 is 9.47 Å². The average Bonchev–Trinajstić information content (AvgIpc) is 2.64. The molecule has 132 valence electrons. The second-order valence-electron chi connectivity index (χ2n) is 5.38. The third kappa shape index (κ3) is 8.01. The van der Waals surface area contributed by atoms with E-state index < -0.39 is 11.9 Å². The van der Waals surface area contributed by atoms with E-state index in [-0.39, 0.29) is 12.8 Å². The highest BCUT2D eigenvalue weighted by atomic mass is 16.6. The summed E-state index contributed by atoms with van der Waals surface area (Å²) in [6.45, 7) is 0.802. The molecule has 0 aliphatic heterocycles. The van der Waals surface area contributed by atoms with E-state index in [1.54, 1.807) is 0 Å². The van der Waals surface area contributed by atoms with Crippen molar-refractivity contribution in [3.8, 4) is 11.5 Å². The molecular formula is C20H22O5. The Morgan fingerprint density at radius 2 is 1.04 bits per heavy atom. The van der Waals surface area contributed by atoms with E-state index in [9.17, 15) is 9.59 Å². The number of hydrogen-bond acceptors (Lipinski definition) is 5. The predicted octanol–water partition coefficient (Wildman–Crippen LogP) is 3.77. The van der Waals surface area contributed by atoms with Crippen LogP contribution in [0.4, 0.5) is 0 Å². The predicted molar refractivity (Wildman–Crippen MR) is 93.4 cm³/mol. The molecule has 5 heteroatoms. The first-order valence-electron chi connectivity index (χ1n) is 8.33. The lowest BCUT2D eigenvalue weighted by Gasteiger charge is -2.07. The minimum atomic E-state index is -0.523. The molecule has 5 nitrogen and oxygen atoms in total. The largest absolute Gasteiger partial charge is 0.494 e. The fraction of sp³-hybridized carbons (Fsp3) is 0.300. The summed E-state index contributed by atoms with van der Waals surface area (Å²) in [6.07, 6.45) is 1.30. The van der Waals surface area contributed by atoms with E-state index in [1.165, 1.54) is 0 Å². The maximum atomic E-state index is 11.6. The third-order valence-corrected chi connectivity index (χ3v) is 3.30. The molecule has 0 heterocycles. The van der Waals surface area contributed by atoms with Crippen LogP contribution in [0.3, 0.4) is 0 Å². The molecule has 2 aromatic rings. The molecule has 2 rings (SSSR count). The van der Waals surface area contributed by atoms with Crippen molar-refractivity contribution in [1.29, 1.82) is 0 Å². The molecule has 0 spiro atoms. The molecule has 2 aromatic carbocycles. The molecule has 0 aliphatic rings. The molecule has 0 saturated heterocycles. The van der Waals surface area contributed by atoms with Gasteiger partial charge >= 0.3 is 11.9 Å². The summed E-state index contributed by atoms with van der Waals surface area (Å²) in [4.78, 5) is 23.2. The molecule has 25 heavy (non-hydrogen) atoms. The maximum Gasteiger partial charge on any atom is 0.313 e. The summed E-state index contributed by atoms with van der Waals surface area (Å²) in [6, 6.07) is 18.7. The van der Waals surface area contributed by atoms with Crippen molar-refractivity contribution >= 4 is 11.9 Å². The first kappa shape index (κ1) is 18.5. The van der Waals surface area contributed by atoms with Crippen LogP contribution in [0.5, 0.6) is 11.5 Å². The molecule has 0 aliphatic carbocycles. The van der Waals surface area contributed by atoms with Crippen molar-refractivity contribution in [3.05, 3.63) is 60.7 Å². The fourth-order valence-corrected chi connectivity index (χ4v) is 2.08. The molecule has 0 N–H and O–H groups in total. The summed E-state index contributed by atoms with van der Waals surface area (Å²) in [7, 11) is 0. The number of benzene rings is 2. The van der Waals surface area contributed by atoms with E-state index in [0.29, 0.717) is 26.1 Å². The Kier molecular flexibility index (Phi) is 8.05. The van der Waals surface area contributed by atoms with Crippen molar-refractivity contribution < 1.29 is 23.8 Å². The Morgan fingerprint density at radius 3 is 1.44 bits per heavy atom. The van der Waals surface area contributed by atoms with Crippen molar-refractivity contribution in [1.82, 2.24) is 0 Å². The Hall–Kier alpha value is -2.82. The highest BCUT2D eigenvalue weighted by Crippen LogP contribution is 2.10. The molecule has 0 bridgehead atoms. The molecular weight excluding hydrogens is 320 g/mol. The van der Waals surface area contributed by atoms with Crippen molar-refractivity contribution in [3.63, 3.8) is 0 Å². The van der Waals surface area contributed by atoms with Crippen LogP contribution in [0, 0.1) is 0 Å². The van der Waals surface area contributed by atoms with Gasteiger partial charge < -0.3 is 14.2 Å². The van der Waals surface area contributed by atoms with Crippen LogP contribution in [0.2, 0.25) is 0 Å². The van der Waals surface area contributed by atoms with E-state index in [1.807, 2.05) is 60.7 Å². The second kappa shape index (κ2) is 10.9. The van der Waals surface area contributed by atoms with Crippen LogP contribution in [0.15, 0.2) is 60.7 Å². The molecule has 0 aromatic heterocycles. The van der Waals surface area contributed by atoms with Gasteiger partial charge in [-0.15, -0.1) is 0 Å². The molecule has 0 atom stereocenters. The van der Waals surface area contributed by atoms with Crippen molar-refractivity contribution in [2.24, 2.45) is 0 Å². The van der Waals surface area contributed by atoms with Crippen LogP contribution >= 0.6 is 0 Å². The van der Waals surface area contributed by atoms with Crippen molar-refractivity contribution in [2.75, 3.05) is 13.2 Å². The van der Waals surface area contributed by atoms with Gasteiger partial charge in [0.2, 0.25) is 0 Å².